The normalized spacial score (nSPS) is 15.9. The molecule has 0 bridgehead atoms. The molecule has 0 unspecified atom stereocenters. The highest BCUT2D eigenvalue weighted by molar-refractivity contribution is 7.89. The number of nitrogens with two attached hydrogens (primary N) is 1. The SMILES string of the molecule is CC(C)c1ccc(S(=O)(=O)N2CCN(C(=O)c3ccc(N)cc3)CC2)cc1. The lowest BCUT2D eigenvalue weighted by atomic mass is 10.0. The summed E-state index contributed by atoms with van der Waals surface area (Å²) in [6, 6.07) is 13.8. The molecule has 2 N–H and O–H groups in total. The summed E-state index contributed by atoms with van der Waals surface area (Å²) in [5.41, 5.74) is 7.92. The molecule has 1 amide bonds. The maximum absolute atomic E-state index is 12.9. The lowest BCUT2D eigenvalue weighted by molar-refractivity contribution is 0.0698. The molecule has 1 saturated heterocycles. The molecular formula is C20H25N3O3S. The molecule has 0 atom stereocenters. The third-order valence-corrected chi connectivity index (χ3v) is 6.78. The lowest BCUT2D eigenvalue weighted by Gasteiger charge is -2.34. The minimum absolute atomic E-state index is 0.103. The second-order valence-electron chi connectivity index (χ2n) is 7.04. The van der Waals surface area contributed by atoms with Gasteiger partial charge in [-0.05, 0) is 47.9 Å². The van der Waals surface area contributed by atoms with E-state index >= 15 is 0 Å². The number of hydrogen-bond acceptors (Lipinski definition) is 4. The fraction of sp³-hybridized carbons (Fsp3) is 0.350. The van der Waals surface area contributed by atoms with Crippen molar-refractivity contribution in [2.24, 2.45) is 0 Å². The summed E-state index contributed by atoms with van der Waals surface area (Å²) in [4.78, 5) is 14.5. The van der Waals surface area contributed by atoms with Crippen molar-refractivity contribution in [2.75, 3.05) is 31.9 Å². The zero-order valence-corrected chi connectivity index (χ0v) is 16.4. The first kappa shape index (κ1) is 19.4. The van der Waals surface area contributed by atoms with E-state index in [-0.39, 0.29) is 19.0 Å². The molecule has 1 fully saturated rings. The van der Waals surface area contributed by atoms with Crippen LogP contribution in [0.4, 0.5) is 5.69 Å². The smallest absolute Gasteiger partial charge is 0.253 e. The molecule has 0 spiro atoms. The Morgan fingerprint density at radius 1 is 0.926 bits per heavy atom. The average molecular weight is 388 g/mol. The molecule has 0 saturated carbocycles. The lowest BCUT2D eigenvalue weighted by Crippen LogP contribution is -2.50. The molecule has 0 radical (unpaired) electrons. The van der Waals surface area contributed by atoms with Crippen LogP contribution in [0.3, 0.4) is 0 Å². The molecule has 27 heavy (non-hydrogen) atoms. The number of carbonyl (C=O) groups excluding carboxylic acids is 1. The quantitative estimate of drug-likeness (QED) is 0.817. The highest BCUT2D eigenvalue weighted by Gasteiger charge is 2.30. The van der Waals surface area contributed by atoms with Gasteiger partial charge in [0.05, 0.1) is 4.90 Å². The topological polar surface area (TPSA) is 83.7 Å². The summed E-state index contributed by atoms with van der Waals surface area (Å²) in [5, 5.41) is 0. The Labute approximate surface area is 160 Å². The van der Waals surface area contributed by atoms with Crippen LogP contribution < -0.4 is 5.73 Å². The van der Waals surface area contributed by atoms with Crippen LogP contribution in [0.5, 0.6) is 0 Å². The molecule has 2 aromatic carbocycles. The van der Waals surface area contributed by atoms with Crippen molar-refractivity contribution in [3.05, 3.63) is 59.7 Å². The van der Waals surface area contributed by atoms with Gasteiger partial charge >= 0.3 is 0 Å². The maximum atomic E-state index is 12.9. The second kappa shape index (κ2) is 7.70. The first-order chi connectivity index (χ1) is 12.8. The molecule has 0 aliphatic carbocycles. The first-order valence-corrected chi connectivity index (χ1v) is 10.5. The van der Waals surface area contributed by atoms with Crippen molar-refractivity contribution in [1.29, 1.82) is 0 Å². The highest BCUT2D eigenvalue weighted by atomic mass is 32.2. The summed E-state index contributed by atoms with van der Waals surface area (Å²) in [6.45, 7) is 5.45. The summed E-state index contributed by atoms with van der Waals surface area (Å²) < 4.78 is 27.2. The average Bonchev–Trinajstić information content (AvgIpc) is 2.68. The molecule has 3 rings (SSSR count). The third kappa shape index (κ3) is 4.14. The summed E-state index contributed by atoms with van der Waals surface area (Å²) >= 11 is 0. The number of piperazine rings is 1. The minimum Gasteiger partial charge on any atom is -0.399 e. The highest BCUT2D eigenvalue weighted by Crippen LogP contribution is 2.21. The van der Waals surface area contributed by atoms with Gasteiger partial charge in [0.1, 0.15) is 0 Å². The Bertz CT molecular complexity index is 898. The molecule has 6 nitrogen and oxygen atoms in total. The fourth-order valence-corrected chi connectivity index (χ4v) is 4.54. The summed E-state index contributed by atoms with van der Waals surface area (Å²) in [5.74, 6) is 0.248. The molecule has 7 heteroatoms. The number of sulfonamides is 1. The van der Waals surface area contributed by atoms with Crippen molar-refractivity contribution < 1.29 is 13.2 Å². The number of amides is 1. The van der Waals surface area contributed by atoms with Gasteiger partial charge in [0.25, 0.3) is 5.91 Å². The van der Waals surface area contributed by atoms with E-state index in [1.165, 1.54) is 4.31 Å². The number of rotatable bonds is 4. The number of anilines is 1. The van der Waals surface area contributed by atoms with Gasteiger partial charge in [-0.1, -0.05) is 26.0 Å². The van der Waals surface area contributed by atoms with Crippen LogP contribution in [-0.4, -0.2) is 49.7 Å². The molecule has 144 valence electrons. The molecule has 0 aromatic heterocycles. The molecular weight excluding hydrogens is 362 g/mol. The van der Waals surface area contributed by atoms with E-state index in [2.05, 4.69) is 13.8 Å². The molecule has 2 aromatic rings. The van der Waals surface area contributed by atoms with Crippen molar-refractivity contribution in [1.82, 2.24) is 9.21 Å². The van der Waals surface area contributed by atoms with E-state index in [4.69, 9.17) is 5.73 Å². The van der Waals surface area contributed by atoms with Crippen LogP contribution in [0.2, 0.25) is 0 Å². The third-order valence-electron chi connectivity index (χ3n) is 4.87. The van der Waals surface area contributed by atoms with Crippen molar-refractivity contribution in [2.45, 2.75) is 24.7 Å². The number of hydrogen-bond donors (Lipinski definition) is 1. The van der Waals surface area contributed by atoms with Crippen LogP contribution in [0.1, 0.15) is 35.7 Å². The van der Waals surface area contributed by atoms with E-state index in [1.54, 1.807) is 41.3 Å². The second-order valence-corrected chi connectivity index (χ2v) is 8.98. The number of carbonyl (C=O) groups is 1. The van der Waals surface area contributed by atoms with Gasteiger partial charge in [-0.3, -0.25) is 4.79 Å². The van der Waals surface area contributed by atoms with Crippen molar-refractivity contribution in [3.8, 4) is 0 Å². The van der Waals surface area contributed by atoms with E-state index < -0.39 is 10.0 Å². The summed E-state index contributed by atoms with van der Waals surface area (Å²) in [7, 11) is -3.55. The minimum atomic E-state index is -3.55. The van der Waals surface area contributed by atoms with Crippen LogP contribution in [-0.2, 0) is 10.0 Å². The van der Waals surface area contributed by atoms with Crippen LogP contribution in [0, 0.1) is 0 Å². The largest absolute Gasteiger partial charge is 0.399 e. The first-order valence-electron chi connectivity index (χ1n) is 9.04. The van der Waals surface area contributed by atoms with Gasteiger partial charge in [-0.25, -0.2) is 8.42 Å². The Morgan fingerprint density at radius 2 is 1.48 bits per heavy atom. The van der Waals surface area contributed by atoms with Crippen LogP contribution in [0.15, 0.2) is 53.4 Å². The number of nitrogens with zero attached hydrogens (tertiary/aromatic N) is 2. The van der Waals surface area contributed by atoms with Gasteiger partial charge in [-0.15, -0.1) is 0 Å². The summed E-state index contributed by atoms with van der Waals surface area (Å²) in [6.07, 6.45) is 0. The predicted octanol–water partition coefficient (Wildman–Crippen LogP) is 2.54. The fourth-order valence-electron chi connectivity index (χ4n) is 3.11. The van der Waals surface area contributed by atoms with Crippen LogP contribution in [0.25, 0.3) is 0 Å². The predicted molar refractivity (Wildman–Crippen MR) is 106 cm³/mol. The van der Waals surface area contributed by atoms with Gasteiger partial charge in [-0.2, -0.15) is 4.31 Å². The Balaban J connectivity index is 1.67. The van der Waals surface area contributed by atoms with Gasteiger partial charge in [0.15, 0.2) is 0 Å². The van der Waals surface area contributed by atoms with E-state index in [0.29, 0.717) is 35.2 Å². The Hall–Kier alpha value is -2.38. The Kier molecular flexibility index (Phi) is 5.53. The zero-order valence-electron chi connectivity index (χ0n) is 15.6. The van der Waals surface area contributed by atoms with E-state index in [1.807, 2.05) is 12.1 Å². The molecule has 1 aliphatic rings. The number of benzene rings is 2. The zero-order chi connectivity index (χ0) is 19.6. The standard InChI is InChI=1S/C20H25N3O3S/c1-15(2)16-5-9-19(10-6-16)27(25,26)23-13-11-22(12-14-23)20(24)17-3-7-18(21)8-4-17/h3-10,15H,11-14,21H2,1-2H3. The number of nitrogen functional groups attached to an aromatic ring is 1. The maximum Gasteiger partial charge on any atom is 0.253 e. The van der Waals surface area contributed by atoms with Crippen molar-refractivity contribution >= 4 is 21.6 Å². The van der Waals surface area contributed by atoms with E-state index in [0.717, 1.165) is 5.56 Å². The monoisotopic (exact) mass is 387 g/mol. The van der Waals surface area contributed by atoms with Gasteiger partial charge < -0.3 is 10.6 Å². The molecule has 1 aliphatic heterocycles. The van der Waals surface area contributed by atoms with Gasteiger partial charge in [0.2, 0.25) is 10.0 Å². The Morgan fingerprint density at radius 3 is 2.00 bits per heavy atom. The van der Waals surface area contributed by atoms with E-state index in [9.17, 15) is 13.2 Å². The van der Waals surface area contributed by atoms with Gasteiger partial charge in [0, 0.05) is 37.4 Å². The molecule has 1 heterocycles. The van der Waals surface area contributed by atoms with Crippen LogP contribution >= 0.6 is 0 Å². The van der Waals surface area contributed by atoms with Crippen molar-refractivity contribution in [3.63, 3.8) is 0 Å².